The summed E-state index contributed by atoms with van der Waals surface area (Å²) in [5.74, 6) is 0.333. The first-order valence-corrected chi connectivity index (χ1v) is 6.01. The Morgan fingerprint density at radius 2 is 1.65 bits per heavy atom. The van der Waals surface area contributed by atoms with Crippen LogP contribution in [0.4, 0.5) is 11.4 Å². The van der Waals surface area contributed by atoms with Gasteiger partial charge in [-0.25, -0.2) is 0 Å². The van der Waals surface area contributed by atoms with Crippen LogP contribution in [-0.2, 0) is 0 Å². The maximum absolute atomic E-state index is 10.7. The fourth-order valence-electron chi connectivity index (χ4n) is 2.33. The number of fused-ring (bicyclic) bond motifs is 1. The molecule has 1 heterocycles. The van der Waals surface area contributed by atoms with Gasteiger partial charge in [0.15, 0.2) is 0 Å². The highest BCUT2D eigenvalue weighted by Crippen LogP contribution is 2.35. The maximum atomic E-state index is 10.7. The molecule has 3 rings (SSSR count). The van der Waals surface area contributed by atoms with Gasteiger partial charge < -0.3 is 0 Å². The topological polar surface area (TPSA) is 70.2 Å². The van der Waals surface area contributed by atoms with E-state index in [-0.39, 0.29) is 5.69 Å². The van der Waals surface area contributed by atoms with Crippen LogP contribution in [0.25, 0.3) is 5.70 Å². The average Bonchev–Trinajstić information content (AvgIpc) is 2.72. The predicted octanol–water partition coefficient (Wildman–Crippen LogP) is 3.41. The lowest BCUT2D eigenvalue weighted by Gasteiger charge is -2.19. The van der Waals surface area contributed by atoms with E-state index in [4.69, 9.17) is 5.41 Å². The van der Waals surface area contributed by atoms with Crippen molar-refractivity contribution in [2.24, 2.45) is 0 Å². The van der Waals surface area contributed by atoms with Gasteiger partial charge in [0.2, 0.25) is 0 Å². The highest BCUT2D eigenvalue weighted by molar-refractivity contribution is 6.23. The molecule has 1 aliphatic rings. The molecule has 5 nitrogen and oxygen atoms in total. The van der Waals surface area contributed by atoms with Gasteiger partial charge >= 0.3 is 0 Å². The molecule has 20 heavy (non-hydrogen) atoms. The number of anilines is 1. The van der Waals surface area contributed by atoms with E-state index in [1.165, 1.54) is 12.1 Å². The van der Waals surface area contributed by atoms with E-state index in [1.54, 1.807) is 17.0 Å². The zero-order valence-corrected chi connectivity index (χ0v) is 10.5. The lowest BCUT2D eigenvalue weighted by Crippen LogP contribution is -2.21. The minimum absolute atomic E-state index is 0.0302. The number of benzene rings is 2. The summed E-state index contributed by atoms with van der Waals surface area (Å²) in [6, 6.07) is 13.7. The lowest BCUT2D eigenvalue weighted by atomic mass is 10.1. The number of nitro groups is 1. The fourth-order valence-corrected chi connectivity index (χ4v) is 2.33. The van der Waals surface area contributed by atoms with Gasteiger partial charge in [-0.3, -0.25) is 20.4 Å². The molecular formula is C15H11N3O2. The van der Waals surface area contributed by atoms with Crippen molar-refractivity contribution >= 4 is 22.9 Å². The van der Waals surface area contributed by atoms with Crippen molar-refractivity contribution < 1.29 is 4.92 Å². The number of nitrogens with one attached hydrogen (secondary N) is 1. The first-order valence-electron chi connectivity index (χ1n) is 6.01. The largest absolute Gasteiger partial charge is 0.295 e. The van der Waals surface area contributed by atoms with E-state index < -0.39 is 4.92 Å². The Morgan fingerprint density at radius 3 is 2.20 bits per heavy atom. The number of nitro benzene ring substituents is 1. The Balaban J connectivity index is 2.02. The van der Waals surface area contributed by atoms with Crippen LogP contribution in [-0.4, -0.2) is 10.8 Å². The third kappa shape index (κ3) is 1.68. The fraction of sp³-hybridized carbons (Fsp3) is 0. The highest BCUT2D eigenvalue weighted by Gasteiger charge is 2.28. The summed E-state index contributed by atoms with van der Waals surface area (Å²) in [5, 5.41) is 18.9. The van der Waals surface area contributed by atoms with E-state index in [9.17, 15) is 10.1 Å². The van der Waals surface area contributed by atoms with E-state index in [2.05, 4.69) is 6.58 Å². The SMILES string of the molecule is C=C1c2ccccc2C(=N)N1c1ccc([N+](=O)[O-])cc1. The van der Waals surface area contributed by atoms with Gasteiger partial charge in [-0.05, 0) is 12.1 Å². The molecule has 0 atom stereocenters. The standard InChI is InChI=1S/C15H11N3O2/c1-10-13-4-2-3-5-14(13)15(16)17(10)11-6-8-12(9-7-11)18(19)20/h2-9,16H,1H2. The predicted molar refractivity (Wildman–Crippen MR) is 77.9 cm³/mol. The van der Waals surface area contributed by atoms with Crippen molar-refractivity contribution in [3.05, 3.63) is 76.4 Å². The van der Waals surface area contributed by atoms with E-state index >= 15 is 0 Å². The number of rotatable bonds is 2. The quantitative estimate of drug-likeness (QED) is 0.668. The molecule has 0 saturated carbocycles. The highest BCUT2D eigenvalue weighted by atomic mass is 16.6. The van der Waals surface area contributed by atoms with Gasteiger partial charge in [-0.15, -0.1) is 0 Å². The Hall–Kier alpha value is -2.95. The third-order valence-electron chi connectivity index (χ3n) is 3.31. The molecule has 2 aromatic carbocycles. The first-order chi connectivity index (χ1) is 9.59. The van der Waals surface area contributed by atoms with Crippen molar-refractivity contribution in [1.82, 2.24) is 0 Å². The molecule has 0 bridgehead atoms. The van der Waals surface area contributed by atoms with Crippen LogP contribution in [0.1, 0.15) is 11.1 Å². The normalized spacial score (nSPS) is 13.5. The van der Waals surface area contributed by atoms with Crippen LogP contribution in [0.15, 0.2) is 55.1 Å². The maximum Gasteiger partial charge on any atom is 0.269 e. The molecule has 0 spiro atoms. The molecular weight excluding hydrogens is 254 g/mol. The van der Waals surface area contributed by atoms with Gasteiger partial charge in [0.05, 0.1) is 4.92 Å². The molecule has 0 radical (unpaired) electrons. The van der Waals surface area contributed by atoms with Crippen LogP contribution in [0.2, 0.25) is 0 Å². The molecule has 0 fully saturated rings. The molecule has 0 aromatic heterocycles. The monoisotopic (exact) mass is 265 g/mol. The van der Waals surface area contributed by atoms with Crippen LogP contribution < -0.4 is 4.90 Å². The van der Waals surface area contributed by atoms with E-state index in [1.807, 2.05) is 24.3 Å². The zero-order chi connectivity index (χ0) is 14.3. The molecule has 0 unspecified atom stereocenters. The molecule has 2 aromatic rings. The third-order valence-corrected chi connectivity index (χ3v) is 3.31. The van der Waals surface area contributed by atoms with Crippen LogP contribution in [0.3, 0.4) is 0 Å². The van der Waals surface area contributed by atoms with Crippen LogP contribution in [0.5, 0.6) is 0 Å². The van der Waals surface area contributed by atoms with E-state index in [0.717, 1.165) is 11.1 Å². The Morgan fingerprint density at radius 1 is 1.05 bits per heavy atom. The molecule has 5 heteroatoms. The van der Waals surface area contributed by atoms with Gasteiger partial charge in [0.25, 0.3) is 5.69 Å². The second kappa shape index (κ2) is 4.31. The van der Waals surface area contributed by atoms with Crippen molar-refractivity contribution in [2.75, 3.05) is 4.90 Å². The summed E-state index contributed by atoms with van der Waals surface area (Å²) in [5.41, 5.74) is 3.16. The molecule has 0 saturated heterocycles. The summed E-state index contributed by atoms with van der Waals surface area (Å²) >= 11 is 0. The summed E-state index contributed by atoms with van der Waals surface area (Å²) < 4.78 is 0. The Kier molecular flexibility index (Phi) is 2.61. The smallest absolute Gasteiger partial charge is 0.269 e. The van der Waals surface area contributed by atoms with E-state index in [0.29, 0.717) is 17.2 Å². The molecule has 1 aliphatic heterocycles. The minimum atomic E-state index is -0.442. The van der Waals surface area contributed by atoms with Crippen molar-refractivity contribution in [2.45, 2.75) is 0 Å². The zero-order valence-electron chi connectivity index (χ0n) is 10.5. The number of nitrogens with zero attached hydrogens (tertiary/aromatic N) is 2. The van der Waals surface area contributed by atoms with Gasteiger partial charge in [0.1, 0.15) is 5.84 Å². The van der Waals surface area contributed by atoms with Crippen molar-refractivity contribution in [1.29, 1.82) is 5.41 Å². The molecule has 98 valence electrons. The first kappa shape index (κ1) is 12.1. The number of amidine groups is 1. The van der Waals surface area contributed by atoms with Gasteiger partial charge in [0, 0.05) is 34.6 Å². The van der Waals surface area contributed by atoms with Crippen molar-refractivity contribution in [3.8, 4) is 0 Å². The second-order valence-corrected chi connectivity index (χ2v) is 4.45. The average molecular weight is 265 g/mol. The van der Waals surface area contributed by atoms with Crippen molar-refractivity contribution in [3.63, 3.8) is 0 Å². The van der Waals surface area contributed by atoms with Gasteiger partial charge in [-0.1, -0.05) is 30.8 Å². The molecule has 0 amide bonds. The second-order valence-electron chi connectivity index (χ2n) is 4.45. The summed E-state index contributed by atoms with van der Waals surface area (Å²) in [6.45, 7) is 4.01. The summed E-state index contributed by atoms with van der Waals surface area (Å²) in [4.78, 5) is 11.9. The van der Waals surface area contributed by atoms with Gasteiger partial charge in [-0.2, -0.15) is 0 Å². The lowest BCUT2D eigenvalue weighted by molar-refractivity contribution is -0.384. The number of hydrogen-bond donors (Lipinski definition) is 1. The molecule has 1 N–H and O–H groups in total. The summed E-state index contributed by atoms with van der Waals surface area (Å²) in [7, 11) is 0. The number of hydrogen-bond acceptors (Lipinski definition) is 3. The van der Waals surface area contributed by atoms with Crippen LogP contribution in [0, 0.1) is 15.5 Å². The Bertz CT molecular complexity index is 700. The number of non-ortho nitro benzene ring substituents is 1. The summed E-state index contributed by atoms with van der Waals surface area (Å²) in [6.07, 6.45) is 0. The molecule has 0 aliphatic carbocycles. The Labute approximate surface area is 115 Å². The minimum Gasteiger partial charge on any atom is -0.295 e. The van der Waals surface area contributed by atoms with Crippen LogP contribution >= 0.6 is 0 Å².